The quantitative estimate of drug-likeness (QED) is 0.681. The summed E-state index contributed by atoms with van der Waals surface area (Å²) in [6, 6.07) is 0.659. The van der Waals surface area contributed by atoms with E-state index in [0.717, 1.165) is 6.61 Å². The Balaban J connectivity index is 1.66. The van der Waals surface area contributed by atoms with Gasteiger partial charge in [-0.05, 0) is 25.7 Å². The first-order chi connectivity index (χ1) is 7.88. The second-order valence-corrected chi connectivity index (χ2v) is 6.08. The molecule has 3 rings (SSSR count). The van der Waals surface area contributed by atoms with Crippen LogP contribution in [0.25, 0.3) is 0 Å². The molecule has 0 aromatic heterocycles. The molecule has 92 valence electrons. The summed E-state index contributed by atoms with van der Waals surface area (Å²) in [6.07, 6.45) is 14.2. The van der Waals surface area contributed by atoms with Gasteiger partial charge in [0.25, 0.3) is 0 Å². The van der Waals surface area contributed by atoms with Gasteiger partial charge in [0, 0.05) is 11.6 Å². The maximum absolute atomic E-state index is 6.19. The van der Waals surface area contributed by atoms with Crippen LogP contribution in [0.3, 0.4) is 0 Å². The molecule has 2 aliphatic carbocycles. The molecule has 1 spiro atoms. The number of nitrogens with one attached hydrogen (secondary N) is 1. The van der Waals surface area contributed by atoms with Gasteiger partial charge in [0.05, 0.1) is 12.7 Å². The van der Waals surface area contributed by atoms with Gasteiger partial charge in [-0.3, -0.25) is 0 Å². The summed E-state index contributed by atoms with van der Waals surface area (Å²) in [5.74, 6) is 0. The highest BCUT2D eigenvalue weighted by Crippen LogP contribution is 2.36. The number of morpholine rings is 1. The summed E-state index contributed by atoms with van der Waals surface area (Å²) in [6.45, 7) is 0.980. The summed E-state index contributed by atoms with van der Waals surface area (Å²) in [7, 11) is 0. The number of fused-ring (bicyclic) bond motifs is 1. The van der Waals surface area contributed by atoms with Crippen molar-refractivity contribution in [2.45, 2.75) is 81.9 Å². The number of hydrogen-bond donors (Lipinski definition) is 1. The van der Waals surface area contributed by atoms with Crippen LogP contribution in [0.1, 0.15) is 64.2 Å². The normalized spacial score (nSPS) is 39.0. The van der Waals surface area contributed by atoms with Gasteiger partial charge in [-0.2, -0.15) is 0 Å². The molecule has 1 aliphatic heterocycles. The van der Waals surface area contributed by atoms with Crippen LogP contribution >= 0.6 is 0 Å². The molecule has 2 unspecified atom stereocenters. The van der Waals surface area contributed by atoms with Crippen molar-refractivity contribution in [1.82, 2.24) is 5.32 Å². The predicted octanol–water partition coefficient (Wildman–Crippen LogP) is 3.01. The van der Waals surface area contributed by atoms with E-state index >= 15 is 0 Å². The largest absolute Gasteiger partial charge is 0.375 e. The summed E-state index contributed by atoms with van der Waals surface area (Å²) >= 11 is 0. The molecule has 1 heterocycles. The van der Waals surface area contributed by atoms with Crippen LogP contribution < -0.4 is 5.32 Å². The van der Waals surface area contributed by atoms with Crippen molar-refractivity contribution in [3.05, 3.63) is 0 Å². The Hall–Kier alpha value is -0.0800. The maximum atomic E-state index is 6.19. The third-order valence-electron chi connectivity index (χ3n) is 4.83. The minimum atomic E-state index is 0.375. The van der Waals surface area contributed by atoms with E-state index in [0.29, 0.717) is 17.7 Å². The topological polar surface area (TPSA) is 21.3 Å². The van der Waals surface area contributed by atoms with Crippen molar-refractivity contribution in [3.8, 4) is 0 Å². The summed E-state index contributed by atoms with van der Waals surface area (Å²) in [5.41, 5.74) is 0.375. The average molecular weight is 223 g/mol. The lowest BCUT2D eigenvalue weighted by atomic mass is 9.87. The van der Waals surface area contributed by atoms with E-state index in [-0.39, 0.29) is 0 Å². The van der Waals surface area contributed by atoms with Crippen molar-refractivity contribution in [1.29, 1.82) is 0 Å². The minimum absolute atomic E-state index is 0.375. The minimum Gasteiger partial charge on any atom is -0.375 e. The molecular formula is C14H25NO. The van der Waals surface area contributed by atoms with Gasteiger partial charge in [0.1, 0.15) is 0 Å². The Bertz CT molecular complexity index is 235. The van der Waals surface area contributed by atoms with Gasteiger partial charge >= 0.3 is 0 Å². The van der Waals surface area contributed by atoms with Crippen LogP contribution in [0.2, 0.25) is 0 Å². The zero-order chi connectivity index (χ0) is 10.8. The van der Waals surface area contributed by atoms with Gasteiger partial charge in [-0.15, -0.1) is 0 Å². The van der Waals surface area contributed by atoms with Crippen LogP contribution in [-0.2, 0) is 4.74 Å². The molecule has 1 N–H and O–H groups in total. The zero-order valence-electron chi connectivity index (χ0n) is 10.3. The molecule has 3 fully saturated rings. The molecular weight excluding hydrogens is 198 g/mol. The molecule has 0 aromatic rings. The highest BCUT2D eigenvalue weighted by atomic mass is 16.5. The SMILES string of the molecule is C1CCCC2OCC3(CCCC3)NC2CC1. The van der Waals surface area contributed by atoms with Crippen molar-refractivity contribution in [3.63, 3.8) is 0 Å². The van der Waals surface area contributed by atoms with E-state index in [1.807, 2.05) is 0 Å². The monoisotopic (exact) mass is 223 g/mol. The van der Waals surface area contributed by atoms with Crippen molar-refractivity contribution in [2.24, 2.45) is 0 Å². The van der Waals surface area contributed by atoms with Crippen LogP contribution in [0.15, 0.2) is 0 Å². The van der Waals surface area contributed by atoms with Crippen LogP contribution in [0, 0.1) is 0 Å². The van der Waals surface area contributed by atoms with Gasteiger partial charge in [0.2, 0.25) is 0 Å². The summed E-state index contributed by atoms with van der Waals surface area (Å²) in [4.78, 5) is 0. The van der Waals surface area contributed by atoms with E-state index in [2.05, 4.69) is 5.32 Å². The first-order valence-electron chi connectivity index (χ1n) is 7.27. The summed E-state index contributed by atoms with van der Waals surface area (Å²) in [5, 5.41) is 3.97. The molecule has 2 saturated carbocycles. The zero-order valence-corrected chi connectivity index (χ0v) is 10.3. The molecule has 0 radical (unpaired) electrons. The third-order valence-corrected chi connectivity index (χ3v) is 4.83. The van der Waals surface area contributed by atoms with E-state index in [1.54, 1.807) is 0 Å². The summed E-state index contributed by atoms with van der Waals surface area (Å²) < 4.78 is 6.19. The number of ether oxygens (including phenoxy) is 1. The van der Waals surface area contributed by atoms with Gasteiger partial charge < -0.3 is 10.1 Å². The second kappa shape index (κ2) is 4.66. The molecule has 16 heavy (non-hydrogen) atoms. The smallest absolute Gasteiger partial charge is 0.0729 e. The molecule has 2 heteroatoms. The third kappa shape index (κ3) is 2.14. The van der Waals surface area contributed by atoms with Gasteiger partial charge in [-0.25, -0.2) is 0 Å². The fourth-order valence-corrected chi connectivity index (χ4v) is 3.86. The Morgan fingerprint density at radius 3 is 2.44 bits per heavy atom. The first-order valence-corrected chi connectivity index (χ1v) is 7.27. The fraction of sp³-hybridized carbons (Fsp3) is 1.00. The Morgan fingerprint density at radius 1 is 0.875 bits per heavy atom. The lowest BCUT2D eigenvalue weighted by Gasteiger charge is -2.45. The van der Waals surface area contributed by atoms with Crippen molar-refractivity contribution in [2.75, 3.05) is 6.61 Å². The standard InChI is InChI=1S/C14H25NO/c1-2-4-8-13-12(7-3-1)15-14(11-16-13)9-5-6-10-14/h12-13,15H,1-11H2. The molecule has 0 amide bonds. The molecule has 1 saturated heterocycles. The molecule has 2 nitrogen and oxygen atoms in total. The van der Waals surface area contributed by atoms with Crippen LogP contribution in [0.4, 0.5) is 0 Å². The Kier molecular flexibility index (Phi) is 3.21. The van der Waals surface area contributed by atoms with E-state index in [4.69, 9.17) is 4.74 Å². The fourth-order valence-electron chi connectivity index (χ4n) is 3.86. The second-order valence-electron chi connectivity index (χ2n) is 6.08. The highest BCUT2D eigenvalue weighted by Gasteiger charge is 2.42. The molecule has 0 bridgehead atoms. The van der Waals surface area contributed by atoms with Gasteiger partial charge in [0.15, 0.2) is 0 Å². The van der Waals surface area contributed by atoms with E-state index in [1.165, 1.54) is 64.2 Å². The van der Waals surface area contributed by atoms with E-state index < -0.39 is 0 Å². The molecule has 2 atom stereocenters. The van der Waals surface area contributed by atoms with Crippen molar-refractivity contribution >= 4 is 0 Å². The lowest BCUT2D eigenvalue weighted by molar-refractivity contribution is -0.0695. The Morgan fingerprint density at radius 2 is 1.62 bits per heavy atom. The van der Waals surface area contributed by atoms with Crippen molar-refractivity contribution < 1.29 is 4.74 Å². The first kappa shape index (κ1) is 11.0. The highest BCUT2D eigenvalue weighted by molar-refractivity contribution is 5.00. The maximum Gasteiger partial charge on any atom is 0.0729 e. The van der Waals surface area contributed by atoms with E-state index in [9.17, 15) is 0 Å². The van der Waals surface area contributed by atoms with Crippen LogP contribution in [0.5, 0.6) is 0 Å². The lowest BCUT2D eigenvalue weighted by Crippen LogP contribution is -2.61. The number of rotatable bonds is 0. The average Bonchev–Trinajstić information content (AvgIpc) is 2.70. The molecule has 3 aliphatic rings. The predicted molar refractivity (Wildman–Crippen MR) is 65.6 cm³/mol. The van der Waals surface area contributed by atoms with Gasteiger partial charge in [-0.1, -0.05) is 38.5 Å². The number of hydrogen-bond acceptors (Lipinski definition) is 2. The van der Waals surface area contributed by atoms with Crippen LogP contribution in [-0.4, -0.2) is 24.3 Å². The Labute approximate surface area is 99.1 Å². The molecule has 0 aromatic carbocycles.